The number of nitrogens with one attached hydrogen (secondary N) is 1. The standard InChI is InChI=1S/C32H45N3O2/c1-2-3-4-5-6-7-8-9-10-11-12-13-14-15-16-17-18-21-31(36)34-27-29-22-25-35(26-23-29)32(37)30-20-19-24-33-28-30/h3-4,6-7,9-10,12-13,15-16,19-20,24,28-29H,2,5,8,11,14,17-18,21-23,25-27H2,1H3,(H,34,36). The maximum atomic E-state index is 12.5. The van der Waals surface area contributed by atoms with Gasteiger partial charge in [0.2, 0.25) is 5.91 Å². The van der Waals surface area contributed by atoms with Crippen molar-refractivity contribution in [3.8, 4) is 0 Å². The molecule has 1 aliphatic rings. The number of amides is 2. The highest BCUT2D eigenvalue weighted by atomic mass is 16.2. The van der Waals surface area contributed by atoms with Gasteiger partial charge in [-0.1, -0.05) is 67.7 Å². The summed E-state index contributed by atoms with van der Waals surface area (Å²) in [6.07, 6.45) is 34.5. The van der Waals surface area contributed by atoms with E-state index < -0.39 is 0 Å². The fourth-order valence-corrected chi connectivity index (χ4v) is 4.11. The highest BCUT2D eigenvalue weighted by Gasteiger charge is 2.23. The Bertz CT molecular complexity index is 907. The molecule has 1 fully saturated rings. The molecule has 1 aromatic rings. The summed E-state index contributed by atoms with van der Waals surface area (Å²) in [7, 11) is 0. The number of carbonyl (C=O) groups is 2. The third-order valence-electron chi connectivity index (χ3n) is 6.33. The van der Waals surface area contributed by atoms with Gasteiger partial charge in [0.1, 0.15) is 0 Å². The van der Waals surface area contributed by atoms with Gasteiger partial charge in [-0.25, -0.2) is 0 Å². The lowest BCUT2D eigenvalue weighted by atomic mass is 9.96. The summed E-state index contributed by atoms with van der Waals surface area (Å²) in [5.41, 5.74) is 0.641. The summed E-state index contributed by atoms with van der Waals surface area (Å²) < 4.78 is 0. The highest BCUT2D eigenvalue weighted by molar-refractivity contribution is 5.93. The Morgan fingerprint density at radius 1 is 0.919 bits per heavy atom. The monoisotopic (exact) mass is 503 g/mol. The predicted octanol–water partition coefficient (Wildman–Crippen LogP) is 6.97. The number of aromatic nitrogens is 1. The van der Waals surface area contributed by atoms with E-state index in [0.717, 1.165) is 70.9 Å². The van der Waals surface area contributed by atoms with E-state index >= 15 is 0 Å². The Morgan fingerprint density at radius 2 is 1.51 bits per heavy atom. The third kappa shape index (κ3) is 14.2. The molecule has 0 saturated carbocycles. The van der Waals surface area contributed by atoms with Crippen molar-refractivity contribution in [3.05, 3.63) is 90.9 Å². The largest absolute Gasteiger partial charge is 0.356 e. The molecule has 37 heavy (non-hydrogen) atoms. The smallest absolute Gasteiger partial charge is 0.255 e. The summed E-state index contributed by atoms with van der Waals surface area (Å²) in [5.74, 6) is 0.611. The Hall–Kier alpha value is -3.21. The van der Waals surface area contributed by atoms with Gasteiger partial charge >= 0.3 is 0 Å². The van der Waals surface area contributed by atoms with Crippen LogP contribution in [0.25, 0.3) is 0 Å². The summed E-state index contributed by atoms with van der Waals surface area (Å²) in [4.78, 5) is 30.6. The fourth-order valence-electron chi connectivity index (χ4n) is 4.11. The van der Waals surface area contributed by atoms with Gasteiger partial charge < -0.3 is 10.2 Å². The van der Waals surface area contributed by atoms with Gasteiger partial charge in [0.05, 0.1) is 5.56 Å². The number of allylic oxidation sites excluding steroid dienone is 10. The maximum absolute atomic E-state index is 12.5. The molecule has 0 spiro atoms. The van der Waals surface area contributed by atoms with Gasteiger partial charge in [0.15, 0.2) is 0 Å². The zero-order chi connectivity index (χ0) is 26.4. The first-order valence-corrected chi connectivity index (χ1v) is 13.9. The van der Waals surface area contributed by atoms with Crippen LogP contribution in [0.5, 0.6) is 0 Å². The molecule has 200 valence electrons. The third-order valence-corrected chi connectivity index (χ3v) is 6.33. The second kappa shape index (κ2) is 19.9. The van der Waals surface area contributed by atoms with Gasteiger partial charge in [-0.3, -0.25) is 14.6 Å². The van der Waals surface area contributed by atoms with Crippen LogP contribution in [0.3, 0.4) is 0 Å². The average Bonchev–Trinajstić information content (AvgIpc) is 2.94. The zero-order valence-corrected chi connectivity index (χ0v) is 22.6. The number of likely N-dealkylation sites (tertiary alicyclic amines) is 1. The summed E-state index contributed by atoms with van der Waals surface area (Å²) >= 11 is 0. The first-order chi connectivity index (χ1) is 18.2. The van der Waals surface area contributed by atoms with Gasteiger partial charge in [0, 0.05) is 38.4 Å². The summed E-state index contributed by atoms with van der Waals surface area (Å²) in [6.45, 7) is 4.32. The number of carbonyl (C=O) groups excluding carboxylic acids is 2. The molecule has 2 amide bonds. The maximum Gasteiger partial charge on any atom is 0.255 e. The van der Waals surface area contributed by atoms with Crippen molar-refractivity contribution in [2.45, 2.75) is 71.1 Å². The lowest BCUT2D eigenvalue weighted by Crippen LogP contribution is -2.41. The Balaban J connectivity index is 1.44. The van der Waals surface area contributed by atoms with Gasteiger partial charge in [-0.15, -0.1) is 0 Å². The quantitative estimate of drug-likeness (QED) is 0.196. The van der Waals surface area contributed by atoms with Crippen molar-refractivity contribution in [1.29, 1.82) is 0 Å². The van der Waals surface area contributed by atoms with Gasteiger partial charge in [-0.2, -0.15) is 0 Å². The van der Waals surface area contributed by atoms with E-state index in [4.69, 9.17) is 0 Å². The number of piperidine rings is 1. The molecule has 1 aromatic heterocycles. The molecule has 5 heteroatoms. The SMILES string of the molecule is CCC=CCC=CCC=CCC=CCC=CCCCC(=O)NCC1CCN(C(=O)c2cccnc2)CC1. The second-order valence-electron chi connectivity index (χ2n) is 9.38. The van der Waals surface area contributed by atoms with E-state index in [1.165, 1.54) is 0 Å². The van der Waals surface area contributed by atoms with Crippen molar-refractivity contribution in [1.82, 2.24) is 15.2 Å². The van der Waals surface area contributed by atoms with Crippen LogP contribution in [0.4, 0.5) is 0 Å². The van der Waals surface area contributed by atoms with Crippen molar-refractivity contribution >= 4 is 11.8 Å². The van der Waals surface area contributed by atoms with Crippen LogP contribution in [0.2, 0.25) is 0 Å². The van der Waals surface area contributed by atoms with Crippen LogP contribution in [0.15, 0.2) is 85.3 Å². The molecule has 1 N–H and O–H groups in total. The summed E-state index contributed by atoms with van der Waals surface area (Å²) in [5, 5.41) is 3.08. The second-order valence-corrected chi connectivity index (χ2v) is 9.38. The number of hydrogen-bond acceptors (Lipinski definition) is 3. The molecule has 0 unspecified atom stereocenters. The molecule has 0 bridgehead atoms. The van der Waals surface area contributed by atoms with Gasteiger partial charge in [-0.05, 0) is 75.8 Å². The molecular weight excluding hydrogens is 458 g/mol. The lowest BCUT2D eigenvalue weighted by molar-refractivity contribution is -0.121. The van der Waals surface area contributed by atoms with Gasteiger partial charge in [0.25, 0.3) is 5.91 Å². The minimum absolute atomic E-state index is 0.0469. The van der Waals surface area contributed by atoms with Crippen LogP contribution in [0.1, 0.15) is 81.5 Å². The number of rotatable bonds is 16. The minimum Gasteiger partial charge on any atom is -0.356 e. The van der Waals surface area contributed by atoms with E-state index in [0.29, 0.717) is 24.4 Å². The van der Waals surface area contributed by atoms with Crippen LogP contribution >= 0.6 is 0 Å². The van der Waals surface area contributed by atoms with Crippen LogP contribution in [0, 0.1) is 5.92 Å². The minimum atomic E-state index is 0.0469. The summed E-state index contributed by atoms with van der Waals surface area (Å²) in [6, 6.07) is 3.60. The number of nitrogens with zero attached hydrogens (tertiary/aromatic N) is 2. The van der Waals surface area contributed by atoms with Crippen LogP contribution < -0.4 is 5.32 Å². The number of hydrogen-bond donors (Lipinski definition) is 1. The van der Waals surface area contributed by atoms with E-state index in [1.807, 2.05) is 4.90 Å². The normalized spacial score (nSPS) is 15.2. The molecule has 0 aromatic carbocycles. The predicted molar refractivity (Wildman–Crippen MR) is 154 cm³/mol. The molecule has 0 radical (unpaired) electrons. The Kier molecular flexibility index (Phi) is 16.2. The Morgan fingerprint density at radius 3 is 2.08 bits per heavy atom. The van der Waals surface area contributed by atoms with Crippen LogP contribution in [-0.2, 0) is 4.79 Å². The fraction of sp³-hybridized carbons (Fsp3) is 0.469. The van der Waals surface area contributed by atoms with Crippen molar-refractivity contribution in [2.24, 2.45) is 5.92 Å². The van der Waals surface area contributed by atoms with E-state index in [1.54, 1.807) is 24.5 Å². The zero-order valence-electron chi connectivity index (χ0n) is 22.6. The topological polar surface area (TPSA) is 62.3 Å². The first-order valence-electron chi connectivity index (χ1n) is 13.9. The highest BCUT2D eigenvalue weighted by Crippen LogP contribution is 2.18. The average molecular weight is 504 g/mol. The molecular formula is C32H45N3O2. The Labute approximate surface area is 224 Å². The molecule has 2 heterocycles. The van der Waals surface area contributed by atoms with E-state index in [2.05, 4.69) is 78.0 Å². The van der Waals surface area contributed by atoms with E-state index in [-0.39, 0.29) is 11.8 Å². The van der Waals surface area contributed by atoms with Crippen molar-refractivity contribution in [3.63, 3.8) is 0 Å². The molecule has 5 nitrogen and oxygen atoms in total. The van der Waals surface area contributed by atoms with Crippen molar-refractivity contribution in [2.75, 3.05) is 19.6 Å². The molecule has 0 atom stereocenters. The number of pyridine rings is 1. The van der Waals surface area contributed by atoms with Crippen molar-refractivity contribution < 1.29 is 9.59 Å². The number of unbranched alkanes of at least 4 members (excludes halogenated alkanes) is 1. The lowest BCUT2D eigenvalue weighted by Gasteiger charge is -2.32. The molecule has 1 aliphatic heterocycles. The molecule has 1 saturated heterocycles. The van der Waals surface area contributed by atoms with E-state index in [9.17, 15) is 9.59 Å². The first kappa shape index (κ1) is 30.0. The molecule has 0 aliphatic carbocycles. The molecule has 2 rings (SSSR count). The van der Waals surface area contributed by atoms with Crippen LogP contribution in [-0.4, -0.2) is 41.3 Å².